The molecule has 2 unspecified atom stereocenters. The highest BCUT2D eigenvalue weighted by Gasteiger charge is 2.47. The van der Waals surface area contributed by atoms with E-state index in [2.05, 4.69) is 10.2 Å². The molecule has 2 heterocycles. The topological polar surface area (TPSA) is 69.7 Å². The predicted octanol–water partition coefficient (Wildman–Crippen LogP) is 3.83. The Balaban J connectivity index is 1.39. The Morgan fingerprint density at radius 1 is 1.00 bits per heavy atom. The average molecular weight is 418 g/mol. The number of hydrogen-bond donors (Lipinski definition) is 1. The first kappa shape index (κ1) is 20.2. The zero-order chi connectivity index (χ0) is 20.4. The molecule has 3 amide bonds. The SMILES string of the molecule is O=C(CCN1C(=O)C2CCCCC2C1=O)Nc1cc(Cl)ccc1N1CCCCC1. The Kier molecular flexibility index (Phi) is 6.09. The number of carbonyl (C=O) groups is 3. The van der Waals surface area contributed by atoms with E-state index in [1.54, 1.807) is 6.07 Å². The lowest BCUT2D eigenvalue weighted by Crippen LogP contribution is -2.34. The standard InChI is InChI=1S/C22H28ClN3O3/c23-15-8-9-19(25-11-4-1-5-12-25)18(14-15)24-20(27)10-13-26-21(28)16-6-2-3-7-17(16)22(26)29/h8-9,14,16-17H,1-7,10-13H2,(H,24,27). The molecule has 2 atom stereocenters. The Labute approximate surface area is 176 Å². The van der Waals surface area contributed by atoms with Crippen LogP contribution in [0.15, 0.2) is 18.2 Å². The van der Waals surface area contributed by atoms with Gasteiger partial charge in [-0.25, -0.2) is 0 Å². The summed E-state index contributed by atoms with van der Waals surface area (Å²) in [5.41, 5.74) is 1.67. The van der Waals surface area contributed by atoms with E-state index < -0.39 is 0 Å². The van der Waals surface area contributed by atoms with Gasteiger partial charge in [-0.15, -0.1) is 0 Å². The molecule has 0 aromatic heterocycles. The van der Waals surface area contributed by atoms with Crippen molar-refractivity contribution in [2.75, 3.05) is 29.9 Å². The highest BCUT2D eigenvalue weighted by Crippen LogP contribution is 2.38. The number of benzene rings is 1. The van der Waals surface area contributed by atoms with Crippen LogP contribution in [0, 0.1) is 11.8 Å². The average Bonchev–Trinajstić information content (AvgIpc) is 2.98. The molecule has 1 saturated carbocycles. The van der Waals surface area contributed by atoms with Gasteiger partial charge in [0.1, 0.15) is 0 Å². The van der Waals surface area contributed by atoms with Gasteiger partial charge in [-0.2, -0.15) is 0 Å². The predicted molar refractivity (Wildman–Crippen MR) is 113 cm³/mol. The summed E-state index contributed by atoms with van der Waals surface area (Å²) in [6, 6.07) is 5.55. The van der Waals surface area contributed by atoms with Gasteiger partial charge in [0.05, 0.1) is 23.2 Å². The summed E-state index contributed by atoms with van der Waals surface area (Å²) < 4.78 is 0. The van der Waals surface area contributed by atoms with Gasteiger partial charge in [-0.3, -0.25) is 19.3 Å². The lowest BCUT2D eigenvalue weighted by atomic mass is 9.81. The first-order chi connectivity index (χ1) is 14.0. The molecule has 1 aromatic rings. The van der Waals surface area contributed by atoms with Crippen molar-refractivity contribution in [1.82, 2.24) is 4.90 Å². The van der Waals surface area contributed by atoms with Crippen LogP contribution in [0.25, 0.3) is 0 Å². The molecule has 156 valence electrons. The third-order valence-electron chi connectivity index (χ3n) is 6.42. The minimum absolute atomic E-state index is 0.0933. The summed E-state index contributed by atoms with van der Waals surface area (Å²) in [5.74, 6) is -0.731. The first-order valence-electron chi connectivity index (χ1n) is 10.7. The third-order valence-corrected chi connectivity index (χ3v) is 6.66. The lowest BCUT2D eigenvalue weighted by Gasteiger charge is -2.30. The molecule has 6 nitrogen and oxygen atoms in total. The van der Waals surface area contributed by atoms with Crippen LogP contribution < -0.4 is 10.2 Å². The number of fused-ring (bicyclic) bond motifs is 1. The number of nitrogens with one attached hydrogen (secondary N) is 1. The van der Waals surface area contributed by atoms with E-state index in [9.17, 15) is 14.4 Å². The van der Waals surface area contributed by atoms with Crippen LogP contribution in [0.2, 0.25) is 5.02 Å². The minimum atomic E-state index is -0.207. The number of hydrogen-bond acceptors (Lipinski definition) is 4. The van der Waals surface area contributed by atoms with E-state index in [4.69, 9.17) is 11.6 Å². The van der Waals surface area contributed by atoms with Gasteiger partial charge in [-0.1, -0.05) is 24.4 Å². The van der Waals surface area contributed by atoms with E-state index in [1.807, 2.05) is 12.1 Å². The van der Waals surface area contributed by atoms with Gasteiger partial charge in [0.25, 0.3) is 0 Å². The number of carbonyl (C=O) groups excluding carboxylic acids is 3. The Bertz CT molecular complexity index is 782. The van der Waals surface area contributed by atoms with Gasteiger partial charge >= 0.3 is 0 Å². The molecule has 2 saturated heterocycles. The highest BCUT2D eigenvalue weighted by molar-refractivity contribution is 6.31. The summed E-state index contributed by atoms with van der Waals surface area (Å²) in [5, 5.41) is 3.52. The monoisotopic (exact) mass is 417 g/mol. The van der Waals surface area contributed by atoms with E-state index >= 15 is 0 Å². The highest BCUT2D eigenvalue weighted by atomic mass is 35.5. The van der Waals surface area contributed by atoms with Crippen molar-refractivity contribution in [1.29, 1.82) is 0 Å². The number of anilines is 2. The van der Waals surface area contributed by atoms with Gasteiger partial charge < -0.3 is 10.2 Å². The molecular formula is C22H28ClN3O3. The smallest absolute Gasteiger partial charge is 0.233 e. The molecule has 1 aromatic carbocycles. The maximum absolute atomic E-state index is 12.6. The summed E-state index contributed by atoms with van der Waals surface area (Å²) in [6.07, 6.45) is 7.19. The molecule has 0 radical (unpaired) electrons. The number of rotatable bonds is 5. The van der Waals surface area contributed by atoms with Crippen molar-refractivity contribution < 1.29 is 14.4 Å². The molecular weight excluding hydrogens is 390 g/mol. The van der Waals surface area contributed by atoms with Crippen LogP contribution >= 0.6 is 11.6 Å². The van der Waals surface area contributed by atoms with Gasteiger partial charge in [0.15, 0.2) is 0 Å². The number of likely N-dealkylation sites (tertiary alicyclic amines) is 1. The molecule has 1 N–H and O–H groups in total. The zero-order valence-corrected chi connectivity index (χ0v) is 17.4. The number of piperidine rings is 1. The second-order valence-electron chi connectivity index (χ2n) is 8.33. The quantitative estimate of drug-likeness (QED) is 0.739. The Hall–Kier alpha value is -2.08. The van der Waals surface area contributed by atoms with Crippen LogP contribution in [0.4, 0.5) is 11.4 Å². The van der Waals surface area contributed by atoms with Crippen molar-refractivity contribution in [3.8, 4) is 0 Å². The second-order valence-corrected chi connectivity index (χ2v) is 8.77. The van der Waals surface area contributed by atoms with E-state index in [1.165, 1.54) is 11.3 Å². The maximum atomic E-state index is 12.6. The molecule has 29 heavy (non-hydrogen) atoms. The second kappa shape index (κ2) is 8.74. The van der Waals surface area contributed by atoms with Crippen LogP contribution in [-0.2, 0) is 14.4 Å². The fourth-order valence-corrected chi connectivity index (χ4v) is 5.07. The molecule has 7 heteroatoms. The summed E-state index contributed by atoms with van der Waals surface area (Å²) in [6.45, 7) is 2.07. The fourth-order valence-electron chi connectivity index (χ4n) is 4.90. The van der Waals surface area contributed by atoms with Crippen molar-refractivity contribution >= 4 is 40.7 Å². The normalized spacial score (nSPS) is 24.6. The minimum Gasteiger partial charge on any atom is -0.370 e. The number of imide groups is 1. The van der Waals surface area contributed by atoms with E-state index in [0.717, 1.165) is 57.3 Å². The summed E-state index contributed by atoms with van der Waals surface area (Å²) in [4.78, 5) is 41.4. The van der Waals surface area contributed by atoms with Crippen LogP contribution in [0.3, 0.4) is 0 Å². The number of halogens is 1. The summed E-state index contributed by atoms with van der Waals surface area (Å²) >= 11 is 6.16. The summed E-state index contributed by atoms with van der Waals surface area (Å²) in [7, 11) is 0. The zero-order valence-electron chi connectivity index (χ0n) is 16.7. The Morgan fingerprint density at radius 3 is 2.31 bits per heavy atom. The van der Waals surface area contributed by atoms with E-state index in [-0.39, 0.29) is 42.5 Å². The third kappa shape index (κ3) is 4.27. The first-order valence-corrected chi connectivity index (χ1v) is 11.1. The molecule has 3 aliphatic rings. The fraction of sp³-hybridized carbons (Fsp3) is 0.591. The number of amides is 3. The molecule has 0 spiro atoms. The Morgan fingerprint density at radius 2 is 1.66 bits per heavy atom. The largest absolute Gasteiger partial charge is 0.370 e. The van der Waals surface area contributed by atoms with Crippen molar-refractivity contribution in [2.45, 2.75) is 51.4 Å². The number of nitrogens with zero attached hydrogens (tertiary/aromatic N) is 2. The maximum Gasteiger partial charge on any atom is 0.233 e. The molecule has 3 fully saturated rings. The van der Waals surface area contributed by atoms with Crippen LogP contribution in [0.5, 0.6) is 0 Å². The van der Waals surface area contributed by atoms with E-state index in [0.29, 0.717) is 10.7 Å². The van der Waals surface area contributed by atoms with Crippen molar-refractivity contribution in [3.63, 3.8) is 0 Å². The molecule has 1 aliphatic carbocycles. The van der Waals surface area contributed by atoms with Crippen molar-refractivity contribution in [2.24, 2.45) is 11.8 Å². The van der Waals surface area contributed by atoms with Gasteiger partial charge in [0, 0.05) is 31.1 Å². The van der Waals surface area contributed by atoms with Gasteiger partial charge in [-0.05, 0) is 50.3 Å². The van der Waals surface area contributed by atoms with Gasteiger partial charge in [0.2, 0.25) is 17.7 Å². The van der Waals surface area contributed by atoms with Crippen LogP contribution in [-0.4, -0.2) is 42.3 Å². The molecule has 0 bridgehead atoms. The van der Waals surface area contributed by atoms with Crippen molar-refractivity contribution in [3.05, 3.63) is 23.2 Å². The molecule has 4 rings (SSSR count). The lowest BCUT2D eigenvalue weighted by molar-refractivity contribution is -0.140. The molecule has 2 aliphatic heterocycles. The van der Waals surface area contributed by atoms with Crippen LogP contribution in [0.1, 0.15) is 51.4 Å².